The van der Waals surface area contributed by atoms with Gasteiger partial charge >= 0.3 is 0 Å². The maximum absolute atomic E-state index is 13.0. The molecule has 1 fully saturated rings. The lowest BCUT2D eigenvalue weighted by Crippen LogP contribution is -2.27. The van der Waals surface area contributed by atoms with Crippen molar-refractivity contribution in [3.63, 3.8) is 0 Å². The molecule has 10 heteroatoms. The zero-order valence-electron chi connectivity index (χ0n) is 19.9. The van der Waals surface area contributed by atoms with Gasteiger partial charge in [-0.1, -0.05) is 47.0 Å². The van der Waals surface area contributed by atoms with E-state index in [1.165, 1.54) is 0 Å². The SMILES string of the molecule is CCOc1cc(/C=C2/SC(=O)N(c3cccc(Cl)c3)C2=O)cc(Cl)c1OCC(=O)Nc1ccc(C)cc1. The van der Waals surface area contributed by atoms with E-state index in [-0.39, 0.29) is 28.2 Å². The average Bonchev–Trinajstić information content (AvgIpc) is 3.12. The van der Waals surface area contributed by atoms with Crippen LogP contribution in [0.15, 0.2) is 65.6 Å². The van der Waals surface area contributed by atoms with Crippen LogP contribution in [-0.4, -0.2) is 30.3 Å². The van der Waals surface area contributed by atoms with Crippen LogP contribution in [0, 0.1) is 6.92 Å². The first-order valence-corrected chi connectivity index (χ1v) is 12.8. The van der Waals surface area contributed by atoms with Crippen LogP contribution in [-0.2, 0) is 9.59 Å². The van der Waals surface area contributed by atoms with E-state index in [9.17, 15) is 14.4 Å². The smallest absolute Gasteiger partial charge is 0.298 e. The van der Waals surface area contributed by atoms with E-state index in [2.05, 4.69) is 5.32 Å². The molecule has 0 aliphatic carbocycles. The molecule has 190 valence electrons. The van der Waals surface area contributed by atoms with E-state index in [0.29, 0.717) is 34.3 Å². The van der Waals surface area contributed by atoms with Crippen molar-refractivity contribution < 1.29 is 23.9 Å². The summed E-state index contributed by atoms with van der Waals surface area (Å²) < 4.78 is 11.4. The van der Waals surface area contributed by atoms with Gasteiger partial charge in [-0.3, -0.25) is 14.4 Å². The number of imide groups is 1. The molecule has 7 nitrogen and oxygen atoms in total. The molecule has 1 N–H and O–H groups in total. The number of rotatable bonds is 8. The summed E-state index contributed by atoms with van der Waals surface area (Å²) in [7, 11) is 0. The molecule has 3 amide bonds. The molecule has 1 aliphatic heterocycles. The Morgan fingerprint density at radius 2 is 1.81 bits per heavy atom. The summed E-state index contributed by atoms with van der Waals surface area (Å²) in [4.78, 5) is 39.2. The number of benzene rings is 3. The van der Waals surface area contributed by atoms with Crippen molar-refractivity contribution in [2.24, 2.45) is 0 Å². The Morgan fingerprint density at radius 3 is 2.51 bits per heavy atom. The van der Waals surface area contributed by atoms with Gasteiger partial charge in [0, 0.05) is 10.7 Å². The molecule has 1 heterocycles. The molecular weight excluding hydrogens is 535 g/mol. The number of carbonyl (C=O) groups is 3. The molecule has 37 heavy (non-hydrogen) atoms. The lowest BCUT2D eigenvalue weighted by atomic mass is 10.1. The average molecular weight is 557 g/mol. The first-order valence-electron chi connectivity index (χ1n) is 11.2. The summed E-state index contributed by atoms with van der Waals surface area (Å²) in [6, 6.07) is 17.1. The predicted molar refractivity (Wildman–Crippen MR) is 148 cm³/mol. The van der Waals surface area contributed by atoms with E-state index >= 15 is 0 Å². The van der Waals surface area contributed by atoms with Crippen molar-refractivity contribution in [1.82, 2.24) is 0 Å². The minimum Gasteiger partial charge on any atom is -0.490 e. The second-order valence-electron chi connectivity index (χ2n) is 7.96. The lowest BCUT2D eigenvalue weighted by Gasteiger charge is -2.15. The standard InChI is InChI=1S/C27H22Cl2N2O5S/c1-3-35-22-12-17(13-23-26(33)31(27(34)37-23)20-6-4-5-18(28)14-20)11-21(29)25(22)36-15-24(32)30-19-9-7-16(2)8-10-19/h4-14H,3,15H2,1-2H3,(H,30,32)/b23-13+. The number of ether oxygens (including phenoxy) is 2. The minimum atomic E-state index is -0.473. The topological polar surface area (TPSA) is 84.9 Å². The summed E-state index contributed by atoms with van der Waals surface area (Å²) in [5.41, 5.74) is 2.65. The molecule has 0 radical (unpaired) electrons. The number of amides is 3. The fourth-order valence-corrected chi connectivity index (χ4v) is 4.80. The number of thioether (sulfide) groups is 1. The Hall–Kier alpha value is -3.46. The van der Waals surface area contributed by atoms with Gasteiger partial charge < -0.3 is 14.8 Å². The fraction of sp³-hybridized carbons (Fsp3) is 0.148. The number of anilines is 2. The largest absolute Gasteiger partial charge is 0.490 e. The maximum Gasteiger partial charge on any atom is 0.298 e. The third-order valence-corrected chi connectivity index (χ3v) is 6.56. The van der Waals surface area contributed by atoms with E-state index in [0.717, 1.165) is 22.2 Å². The molecule has 3 aromatic carbocycles. The van der Waals surface area contributed by atoms with Gasteiger partial charge in [-0.05, 0) is 79.7 Å². The normalized spacial score (nSPS) is 14.3. The van der Waals surface area contributed by atoms with Gasteiger partial charge in [0.25, 0.3) is 17.1 Å². The van der Waals surface area contributed by atoms with Crippen LogP contribution in [0.3, 0.4) is 0 Å². The van der Waals surface area contributed by atoms with Crippen LogP contribution in [0.2, 0.25) is 10.0 Å². The number of halogens is 2. The second-order valence-corrected chi connectivity index (χ2v) is 9.80. The van der Waals surface area contributed by atoms with Gasteiger partial charge in [0.15, 0.2) is 18.1 Å². The predicted octanol–water partition coefficient (Wildman–Crippen LogP) is 6.96. The van der Waals surface area contributed by atoms with Gasteiger partial charge in [0.2, 0.25) is 0 Å². The Bertz CT molecular complexity index is 1390. The van der Waals surface area contributed by atoms with Crippen molar-refractivity contribution in [2.75, 3.05) is 23.4 Å². The van der Waals surface area contributed by atoms with E-state index in [4.69, 9.17) is 32.7 Å². The van der Waals surface area contributed by atoms with Gasteiger partial charge in [0.1, 0.15) is 0 Å². The Morgan fingerprint density at radius 1 is 1.05 bits per heavy atom. The van der Waals surface area contributed by atoms with Crippen LogP contribution in [0.4, 0.5) is 16.2 Å². The number of carbonyl (C=O) groups excluding carboxylic acids is 3. The zero-order chi connectivity index (χ0) is 26.5. The lowest BCUT2D eigenvalue weighted by molar-refractivity contribution is -0.118. The summed E-state index contributed by atoms with van der Waals surface area (Å²) >= 11 is 13.3. The highest BCUT2D eigenvalue weighted by Crippen LogP contribution is 2.40. The van der Waals surface area contributed by atoms with E-state index in [1.807, 2.05) is 19.1 Å². The third kappa shape index (κ3) is 6.46. The molecule has 1 aliphatic rings. The molecule has 0 atom stereocenters. The molecule has 0 saturated carbocycles. The van der Waals surface area contributed by atoms with Gasteiger partial charge in [-0.2, -0.15) is 0 Å². The highest BCUT2D eigenvalue weighted by atomic mass is 35.5. The quantitative estimate of drug-likeness (QED) is 0.302. The van der Waals surface area contributed by atoms with E-state index in [1.54, 1.807) is 61.5 Å². The minimum absolute atomic E-state index is 0.189. The number of nitrogens with zero attached hydrogens (tertiary/aromatic N) is 1. The number of hydrogen-bond donors (Lipinski definition) is 1. The molecular formula is C27H22Cl2N2O5S. The zero-order valence-corrected chi connectivity index (χ0v) is 22.2. The third-order valence-electron chi connectivity index (χ3n) is 5.17. The van der Waals surface area contributed by atoms with Crippen LogP contribution in [0.25, 0.3) is 6.08 Å². The molecule has 1 saturated heterocycles. The highest BCUT2D eigenvalue weighted by Gasteiger charge is 2.36. The number of aryl methyl sites for hydroxylation is 1. The van der Waals surface area contributed by atoms with Crippen LogP contribution in [0.5, 0.6) is 11.5 Å². The van der Waals surface area contributed by atoms with Crippen molar-refractivity contribution in [3.8, 4) is 11.5 Å². The summed E-state index contributed by atoms with van der Waals surface area (Å²) in [5.74, 6) is -0.328. The van der Waals surface area contributed by atoms with Crippen molar-refractivity contribution in [1.29, 1.82) is 0 Å². The molecule has 3 aromatic rings. The number of hydrogen-bond acceptors (Lipinski definition) is 6. The van der Waals surface area contributed by atoms with Crippen LogP contribution in [0.1, 0.15) is 18.1 Å². The van der Waals surface area contributed by atoms with Crippen LogP contribution < -0.4 is 19.7 Å². The molecule has 4 rings (SSSR count). The number of nitrogens with one attached hydrogen (secondary N) is 1. The Kier molecular flexibility index (Phi) is 8.43. The van der Waals surface area contributed by atoms with Gasteiger partial charge in [0.05, 0.1) is 22.2 Å². The van der Waals surface area contributed by atoms with Crippen molar-refractivity contribution >= 4 is 69.5 Å². The van der Waals surface area contributed by atoms with Crippen molar-refractivity contribution in [2.45, 2.75) is 13.8 Å². The summed E-state index contributed by atoms with van der Waals surface area (Å²) in [6.45, 7) is 3.79. The summed E-state index contributed by atoms with van der Waals surface area (Å²) in [6.07, 6.45) is 1.55. The summed E-state index contributed by atoms with van der Waals surface area (Å²) in [5, 5.41) is 2.92. The van der Waals surface area contributed by atoms with Crippen LogP contribution >= 0.6 is 35.0 Å². The van der Waals surface area contributed by atoms with Gasteiger partial charge in [-0.25, -0.2) is 4.90 Å². The van der Waals surface area contributed by atoms with E-state index < -0.39 is 11.1 Å². The molecule has 0 unspecified atom stereocenters. The fourth-order valence-electron chi connectivity index (χ4n) is 3.50. The first kappa shape index (κ1) is 26.6. The molecule has 0 spiro atoms. The second kappa shape index (κ2) is 11.7. The van der Waals surface area contributed by atoms with Gasteiger partial charge in [-0.15, -0.1) is 0 Å². The highest BCUT2D eigenvalue weighted by molar-refractivity contribution is 8.19. The monoisotopic (exact) mass is 556 g/mol. The van der Waals surface area contributed by atoms with Crippen molar-refractivity contribution in [3.05, 3.63) is 86.7 Å². The molecule has 0 bridgehead atoms. The first-order chi connectivity index (χ1) is 17.7. The Balaban J connectivity index is 1.52. The Labute approximate surface area is 228 Å². The maximum atomic E-state index is 13.0. The molecule has 0 aromatic heterocycles.